The Hall–Kier alpha value is -5.17. The van der Waals surface area contributed by atoms with Gasteiger partial charge >= 0.3 is 5.97 Å². The van der Waals surface area contributed by atoms with Crippen LogP contribution in [0.3, 0.4) is 0 Å². The molecule has 4 heterocycles. The highest BCUT2D eigenvalue weighted by Crippen LogP contribution is 2.90. The summed E-state index contributed by atoms with van der Waals surface area (Å²) in [6.45, 7) is 0. The first-order valence-corrected chi connectivity index (χ1v) is 17.6. The summed E-state index contributed by atoms with van der Waals surface area (Å²) in [5, 5.41) is 0. The number of nitrogens with zero attached hydrogens (tertiary/aromatic N) is 5. The van der Waals surface area contributed by atoms with E-state index in [0.717, 1.165) is 16.9 Å². The van der Waals surface area contributed by atoms with Crippen LogP contribution in [-0.4, -0.2) is 84.9 Å². The molecular formula is C43H43N5O2. The lowest BCUT2D eigenvalue weighted by molar-refractivity contribution is -0.142. The first-order valence-electron chi connectivity index (χ1n) is 17.6. The molecule has 7 heteroatoms. The van der Waals surface area contributed by atoms with Gasteiger partial charge in [0.25, 0.3) is 0 Å². The van der Waals surface area contributed by atoms with Gasteiger partial charge in [-0.3, -0.25) is 0 Å². The summed E-state index contributed by atoms with van der Waals surface area (Å²) in [6.07, 6.45) is 0. The third-order valence-corrected chi connectivity index (χ3v) is 12.8. The molecule has 50 heavy (non-hydrogen) atoms. The van der Waals surface area contributed by atoms with Gasteiger partial charge in [0.2, 0.25) is 0 Å². The molecule has 0 radical (unpaired) electrons. The van der Waals surface area contributed by atoms with E-state index in [1.807, 2.05) is 0 Å². The third kappa shape index (κ3) is 3.13. The Labute approximate surface area is 294 Å². The van der Waals surface area contributed by atoms with Crippen LogP contribution in [0, 0.1) is 5.92 Å². The molecule has 252 valence electrons. The van der Waals surface area contributed by atoms with Crippen LogP contribution in [0.15, 0.2) is 119 Å². The van der Waals surface area contributed by atoms with Gasteiger partial charge in [-0.05, 0) is 76.4 Å². The number of benzene rings is 4. The quantitative estimate of drug-likeness (QED) is 0.175. The minimum atomic E-state index is -0.682. The number of carbonyl (C=O) groups excluding carboxylic acids is 1. The molecular weight excluding hydrogens is 619 g/mol. The molecule has 4 unspecified atom stereocenters. The zero-order chi connectivity index (χ0) is 34.6. The van der Waals surface area contributed by atoms with E-state index in [9.17, 15) is 4.79 Å². The van der Waals surface area contributed by atoms with Gasteiger partial charge in [-0.2, -0.15) is 0 Å². The Bertz CT molecular complexity index is 2070. The SMILES string of the molecule is CN(C)c1ccc(C2(c3ccc(N(C)C)cc3)C3=C4C5=C(C(=O)OC56C4C6(c4ccc(N(C)C)cc4)c4ccc(N(C)C)cc4)C4C2N34)cc1. The number of hydrogen-bond donors (Lipinski definition) is 0. The third-order valence-electron chi connectivity index (χ3n) is 12.8. The Balaban J connectivity index is 1.22. The maximum absolute atomic E-state index is 14.3. The van der Waals surface area contributed by atoms with Crippen LogP contribution in [-0.2, 0) is 20.4 Å². The highest BCUT2D eigenvalue weighted by molar-refractivity contribution is 6.06. The molecule has 0 amide bonds. The number of hydrogen-bond acceptors (Lipinski definition) is 7. The van der Waals surface area contributed by atoms with E-state index in [1.165, 1.54) is 50.5 Å². The van der Waals surface area contributed by atoms with Crippen molar-refractivity contribution in [2.75, 3.05) is 76.0 Å². The van der Waals surface area contributed by atoms with Crippen molar-refractivity contribution >= 4 is 28.7 Å². The highest BCUT2D eigenvalue weighted by Gasteiger charge is 2.97. The molecule has 4 aromatic rings. The van der Waals surface area contributed by atoms with E-state index >= 15 is 0 Å². The fourth-order valence-corrected chi connectivity index (χ4v) is 10.5. The molecule has 2 saturated heterocycles. The van der Waals surface area contributed by atoms with E-state index in [-0.39, 0.29) is 29.4 Å². The van der Waals surface area contributed by atoms with Crippen LogP contribution in [0.25, 0.3) is 0 Å². The van der Waals surface area contributed by atoms with Crippen LogP contribution < -0.4 is 19.6 Å². The molecule has 4 aliphatic heterocycles. The van der Waals surface area contributed by atoms with Crippen LogP contribution in [0.5, 0.6) is 0 Å². The van der Waals surface area contributed by atoms with Gasteiger partial charge < -0.3 is 29.2 Å². The first kappa shape index (κ1) is 29.7. The second kappa shape index (κ2) is 9.33. The Morgan fingerprint density at radius 2 is 0.920 bits per heavy atom. The molecule has 2 aliphatic carbocycles. The van der Waals surface area contributed by atoms with Gasteiger partial charge in [-0.25, -0.2) is 4.79 Å². The summed E-state index contributed by atoms with van der Waals surface area (Å²) >= 11 is 0. The van der Waals surface area contributed by atoms with E-state index < -0.39 is 11.0 Å². The van der Waals surface area contributed by atoms with E-state index in [0.29, 0.717) is 0 Å². The van der Waals surface area contributed by atoms with Gasteiger partial charge in [0, 0.05) is 96.3 Å². The lowest BCUT2D eigenvalue weighted by Crippen LogP contribution is -2.51. The molecule has 10 rings (SSSR count). The van der Waals surface area contributed by atoms with Crippen molar-refractivity contribution in [3.05, 3.63) is 142 Å². The predicted molar refractivity (Wildman–Crippen MR) is 200 cm³/mol. The average Bonchev–Trinajstić information content (AvgIpc) is 3.90. The molecule has 6 aliphatic rings. The molecule has 0 N–H and O–H groups in total. The number of ether oxygens (including phenoxy) is 1. The largest absolute Gasteiger partial charge is 0.449 e. The zero-order valence-corrected chi connectivity index (χ0v) is 30.0. The Morgan fingerprint density at radius 1 is 0.540 bits per heavy atom. The van der Waals surface area contributed by atoms with Gasteiger partial charge in [0.1, 0.15) is 0 Å². The maximum atomic E-state index is 14.3. The summed E-state index contributed by atoms with van der Waals surface area (Å²) in [6, 6.07) is 36.4. The summed E-state index contributed by atoms with van der Waals surface area (Å²) in [4.78, 5) is 25.4. The number of esters is 1. The van der Waals surface area contributed by atoms with Gasteiger partial charge in [0.15, 0.2) is 5.60 Å². The molecule has 0 aromatic heterocycles. The summed E-state index contributed by atoms with van der Waals surface area (Å²) < 4.78 is 6.74. The van der Waals surface area contributed by atoms with Crippen molar-refractivity contribution in [3.63, 3.8) is 0 Å². The second-order valence-corrected chi connectivity index (χ2v) is 15.8. The van der Waals surface area contributed by atoms with Crippen LogP contribution >= 0.6 is 0 Å². The van der Waals surface area contributed by atoms with Gasteiger partial charge in [-0.15, -0.1) is 0 Å². The minimum absolute atomic E-state index is 0.0285. The summed E-state index contributed by atoms with van der Waals surface area (Å²) in [5.41, 5.74) is 12.9. The zero-order valence-electron chi connectivity index (χ0n) is 30.0. The minimum Gasteiger partial charge on any atom is -0.449 e. The predicted octanol–water partition coefficient (Wildman–Crippen LogP) is 5.79. The van der Waals surface area contributed by atoms with Crippen molar-refractivity contribution in [1.29, 1.82) is 0 Å². The maximum Gasteiger partial charge on any atom is 0.337 e. The van der Waals surface area contributed by atoms with Crippen molar-refractivity contribution in [1.82, 2.24) is 4.90 Å². The highest BCUT2D eigenvalue weighted by atomic mass is 16.6. The van der Waals surface area contributed by atoms with E-state index in [1.54, 1.807) is 0 Å². The van der Waals surface area contributed by atoms with Crippen molar-refractivity contribution < 1.29 is 9.53 Å². The second-order valence-electron chi connectivity index (χ2n) is 15.8. The van der Waals surface area contributed by atoms with E-state index in [4.69, 9.17) is 4.74 Å². The summed E-state index contributed by atoms with van der Waals surface area (Å²) in [5.74, 6) is -0.101. The van der Waals surface area contributed by atoms with Crippen LogP contribution in [0.4, 0.5) is 22.7 Å². The number of rotatable bonds is 8. The standard InChI is InChI=1S/C43H43N5O2/c1-44(2)29-17-9-25(10-18-29)41(26-11-19-30(20-12-26)45(3)4)38-34-35-33(36-39(41)48(36)38)40(49)50-43(35)37(34)42(43,27-13-21-31(22-14-27)46(5)6)28-15-23-32(24-16-28)47(7)8/h9-24,36-37,39H,1-8H3. The molecule has 7 nitrogen and oxygen atoms in total. The number of anilines is 4. The Morgan fingerprint density at radius 3 is 1.30 bits per heavy atom. The van der Waals surface area contributed by atoms with Crippen molar-refractivity contribution in [2.45, 2.75) is 28.5 Å². The average molecular weight is 662 g/mol. The van der Waals surface area contributed by atoms with Crippen molar-refractivity contribution in [3.8, 4) is 0 Å². The molecule has 4 atom stereocenters. The van der Waals surface area contributed by atoms with Gasteiger partial charge in [0.05, 0.1) is 28.5 Å². The number of carbonyl (C=O) groups is 1. The van der Waals surface area contributed by atoms with Crippen LogP contribution in [0.2, 0.25) is 0 Å². The molecule has 2 saturated carbocycles. The fraction of sp³-hybridized carbons (Fsp3) is 0.326. The lowest BCUT2D eigenvalue weighted by atomic mass is 9.62. The fourth-order valence-electron chi connectivity index (χ4n) is 10.5. The Kier molecular flexibility index (Phi) is 5.55. The molecule has 0 bridgehead atoms. The monoisotopic (exact) mass is 661 g/mol. The van der Waals surface area contributed by atoms with Gasteiger partial charge in [-0.1, -0.05) is 48.5 Å². The smallest absolute Gasteiger partial charge is 0.337 e. The lowest BCUT2D eigenvalue weighted by Gasteiger charge is -2.49. The molecule has 4 aromatic carbocycles. The topological polar surface area (TPSA) is 42.3 Å². The van der Waals surface area contributed by atoms with Crippen LogP contribution in [0.1, 0.15) is 22.3 Å². The first-order chi connectivity index (χ1) is 24.0. The normalized spacial score (nSPS) is 26.2. The molecule has 4 fully saturated rings. The summed E-state index contributed by atoms with van der Waals surface area (Å²) in [7, 11) is 16.6. The molecule has 1 spiro atoms. The van der Waals surface area contributed by atoms with Crippen molar-refractivity contribution in [2.24, 2.45) is 5.92 Å². The number of fused-ring (bicyclic) bond motifs is 3. The van der Waals surface area contributed by atoms with E-state index in [2.05, 4.69) is 178 Å².